The molecule has 1 heterocycles. The van der Waals surface area contributed by atoms with Gasteiger partial charge >= 0.3 is 0 Å². The maximum Gasteiger partial charge on any atom is 0.225 e. The first kappa shape index (κ1) is 16.8. The summed E-state index contributed by atoms with van der Waals surface area (Å²) in [5, 5.41) is 3.10. The summed E-state index contributed by atoms with van der Waals surface area (Å²) in [7, 11) is 0. The van der Waals surface area contributed by atoms with Crippen molar-refractivity contribution in [1.82, 2.24) is 5.32 Å². The highest BCUT2D eigenvalue weighted by molar-refractivity contribution is 9.10. The lowest BCUT2D eigenvalue weighted by molar-refractivity contribution is -0.122. The van der Waals surface area contributed by atoms with Gasteiger partial charge in [-0.3, -0.25) is 4.79 Å². The van der Waals surface area contributed by atoms with E-state index in [0.29, 0.717) is 19.6 Å². The molecule has 0 bridgehead atoms. The molecule has 0 saturated carbocycles. The Balaban J connectivity index is 1.70. The molecule has 0 aromatic heterocycles. The van der Waals surface area contributed by atoms with Crippen molar-refractivity contribution in [2.75, 3.05) is 13.2 Å². The Morgan fingerprint density at radius 3 is 2.46 bits per heavy atom. The average Bonchev–Trinajstić information content (AvgIpc) is 2.56. The SMILES string of the molecule is CC(C)(NC(=O)Cc1ccc(Br)cc1)c1ccc2c(c1)OCCO2. The van der Waals surface area contributed by atoms with Crippen LogP contribution in [0.25, 0.3) is 0 Å². The molecule has 1 aliphatic heterocycles. The number of hydrogen-bond acceptors (Lipinski definition) is 3. The van der Waals surface area contributed by atoms with Gasteiger partial charge in [0.2, 0.25) is 5.91 Å². The predicted octanol–water partition coefficient (Wildman–Crippen LogP) is 3.81. The van der Waals surface area contributed by atoms with Crippen molar-refractivity contribution in [3.05, 3.63) is 58.1 Å². The number of nitrogens with one attached hydrogen (secondary N) is 1. The van der Waals surface area contributed by atoms with Gasteiger partial charge < -0.3 is 14.8 Å². The van der Waals surface area contributed by atoms with Crippen LogP contribution in [0.15, 0.2) is 46.9 Å². The van der Waals surface area contributed by atoms with Gasteiger partial charge in [0.1, 0.15) is 13.2 Å². The first-order valence-electron chi connectivity index (χ1n) is 7.90. The van der Waals surface area contributed by atoms with Crippen molar-refractivity contribution in [3.63, 3.8) is 0 Å². The standard InChI is InChI=1S/C19H20BrNO3/c1-19(2,14-5-8-16-17(12-14)24-10-9-23-16)21-18(22)11-13-3-6-15(20)7-4-13/h3-8,12H,9-11H2,1-2H3,(H,21,22). The molecule has 0 spiro atoms. The Kier molecular flexibility index (Phi) is 4.81. The number of hydrogen-bond donors (Lipinski definition) is 1. The van der Waals surface area contributed by atoms with Gasteiger partial charge in [-0.05, 0) is 49.2 Å². The fourth-order valence-electron chi connectivity index (χ4n) is 2.68. The van der Waals surface area contributed by atoms with Crippen molar-refractivity contribution in [1.29, 1.82) is 0 Å². The highest BCUT2D eigenvalue weighted by Crippen LogP contribution is 2.34. The number of halogens is 1. The molecule has 1 aliphatic rings. The second kappa shape index (κ2) is 6.85. The fourth-order valence-corrected chi connectivity index (χ4v) is 2.95. The van der Waals surface area contributed by atoms with Crippen molar-refractivity contribution in [3.8, 4) is 11.5 Å². The molecule has 0 aliphatic carbocycles. The molecule has 3 rings (SSSR count). The van der Waals surface area contributed by atoms with Crippen LogP contribution in [0, 0.1) is 0 Å². The molecule has 0 fully saturated rings. The van der Waals surface area contributed by atoms with E-state index in [-0.39, 0.29) is 5.91 Å². The van der Waals surface area contributed by atoms with Crippen molar-refractivity contribution < 1.29 is 14.3 Å². The van der Waals surface area contributed by atoms with E-state index < -0.39 is 5.54 Å². The van der Waals surface area contributed by atoms with Crippen LogP contribution >= 0.6 is 15.9 Å². The van der Waals surface area contributed by atoms with E-state index in [4.69, 9.17) is 9.47 Å². The summed E-state index contributed by atoms with van der Waals surface area (Å²) in [6.45, 7) is 5.09. The number of fused-ring (bicyclic) bond motifs is 1. The molecule has 2 aromatic rings. The molecule has 0 saturated heterocycles. The number of carbonyl (C=O) groups is 1. The summed E-state index contributed by atoms with van der Waals surface area (Å²) in [5.41, 5.74) is 1.46. The summed E-state index contributed by atoms with van der Waals surface area (Å²) in [6, 6.07) is 13.6. The largest absolute Gasteiger partial charge is 0.486 e. The quantitative estimate of drug-likeness (QED) is 0.864. The third kappa shape index (κ3) is 3.90. The number of amides is 1. The lowest BCUT2D eigenvalue weighted by Gasteiger charge is -2.28. The van der Waals surface area contributed by atoms with Crippen LogP contribution in [0.5, 0.6) is 11.5 Å². The van der Waals surface area contributed by atoms with Crippen LogP contribution in [-0.2, 0) is 16.8 Å². The van der Waals surface area contributed by atoms with Gasteiger partial charge in [-0.25, -0.2) is 0 Å². The van der Waals surface area contributed by atoms with Gasteiger partial charge in [0.25, 0.3) is 0 Å². The molecule has 1 N–H and O–H groups in total. The van der Waals surface area contributed by atoms with E-state index in [1.807, 2.05) is 56.3 Å². The van der Waals surface area contributed by atoms with E-state index in [0.717, 1.165) is 27.1 Å². The number of ether oxygens (including phenoxy) is 2. The topological polar surface area (TPSA) is 47.6 Å². The molecule has 1 amide bonds. The molecule has 24 heavy (non-hydrogen) atoms. The van der Waals surface area contributed by atoms with Crippen LogP contribution in [0.1, 0.15) is 25.0 Å². The highest BCUT2D eigenvalue weighted by atomic mass is 79.9. The third-order valence-electron chi connectivity index (χ3n) is 3.99. The molecule has 5 heteroatoms. The minimum absolute atomic E-state index is 0.0165. The van der Waals surface area contributed by atoms with Gasteiger partial charge in [-0.15, -0.1) is 0 Å². The van der Waals surface area contributed by atoms with Gasteiger partial charge in [0, 0.05) is 4.47 Å². The summed E-state index contributed by atoms with van der Waals surface area (Å²) in [5.74, 6) is 1.47. The van der Waals surface area contributed by atoms with Crippen molar-refractivity contribution in [2.24, 2.45) is 0 Å². The second-order valence-corrected chi connectivity index (χ2v) is 7.25. The van der Waals surface area contributed by atoms with E-state index in [1.165, 1.54) is 0 Å². The van der Waals surface area contributed by atoms with Gasteiger partial charge in [-0.2, -0.15) is 0 Å². The van der Waals surface area contributed by atoms with Crippen LogP contribution in [-0.4, -0.2) is 19.1 Å². The molecule has 126 valence electrons. The number of carbonyl (C=O) groups excluding carboxylic acids is 1. The Morgan fingerprint density at radius 2 is 1.75 bits per heavy atom. The lowest BCUT2D eigenvalue weighted by atomic mass is 9.93. The van der Waals surface area contributed by atoms with Crippen LogP contribution in [0.2, 0.25) is 0 Å². The normalized spacial score (nSPS) is 13.5. The average molecular weight is 390 g/mol. The van der Waals surface area contributed by atoms with E-state index in [2.05, 4.69) is 21.2 Å². The van der Waals surface area contributed by atoms with Gasteiger partial charge in [-0.1, -0.05) is 34.1 Å². The Morgan fingerprint density at radius 1 is 1.08 bits per heavy atom. The third-order valence-corrected chi connectivity index (χ3v) is 4.52. The van der Waals surface area contributed by atoms with Crippen LogP contribution < -0.4 is 14.8 Å². The molecule has 0 unspecified atom stereocenters. The molecule has 2 aromatic carbocycles. The number of benzene rings is 2. The second-order valence-electron chi connectivity index (χ2n) is 6.33. The zero-order valence-corrected chi connectivity index (χ0v) is 15.4. The van der Waals surface area contributed by atoms with Crippen LogP contribution in [0.3, 0.4) is 0 Å². The summed E-state index contributed by atoms with van der Waals surface area (Å²) in [4.78, 5) is 12.4. The summed E-state index contributed by atoms with van der Waals surface area (Å²) in [6.07, 6.45) is 0.348. The first-order valence-corrected chi connectivity index (χ1v) is 8.69. The summed E-state index contributed by atoms with van der Waals surface area (Å²) >= 11 is 3.40. The lowest BCUT2D eigenvalue weighted by Crippen LogP contribution is -2.41. The first-order chi connectivity index (χ1) is 11.4. The zero-order chi connectivity index (χ0) is 17.2. The molecular formula is C19H20BrNO3. The predicted molar refractivity (Wildman–Crippen MR) is 96.4 cm³/mol. The Bertz CT molecular complexity index is 741. The maximum atomic E-state index is 12.4. The maximum absolute atomic E-state index is 12.4. The van der Waals surface area contributed by atoms with E-state index in [9.17, 15) is 4.79 Å². The molecule has 0 atom stereocenters. The molecule has 4 nitrogen and oxygen atoms in total. The van der Waals surface area contributed by atoms with Gasteiger partial charge in [0.05, 0.1) is 12.0 Å². The Labute approximate surface area is 150 Å². The van der Waals surface area contributed by atoms with E-state index in [1.54, 1.807) is 0 Å². The highest BCUT2D eigenvalue weighted by Gasteiger charge is 2.25. The smallest absolute Gasteiger partial charge is 0.225 e. The minimum Gasteiger partial charge on any atom is -0.486 e. The van der Waals surface area contributed by atoms with E-state index >= 15 is 0 Å². The molecular weight excluding hydrogens is 370 g/mol. The summed E-state index contributed by atoms with van der Waals surface area (Å²) < 4.78 is 12.2. The molecule has 0 radical (unpaired) electrons. The van der Waals surface area contributed by atoms with Gasteiger partial charge in [0.15, 0.2) is 11.5 Å². The van der Waals surface area contributed by atoms with Crippen molar-refractivity contribution >= 4 is 21.8 Å². The fraction of sp³-hybridized carbons (Fsp3) is 0.316. The Hall–Kier alpha value is -2.01. The van der Waals surface area contributed by atoms with Crippen LogP contribution in [0.4, 0.5) is 0 Å². The van der Waals surface area contributed by atoms with Crippen molar-refractivity contribution in [2.45, 2.75) is 25.8 Å². The number of rotatable bonds is 4. The zero-order valence-electron chi connectivity index (χ0n) is 13.8. The minimum atomic E-state index is -0.498. The monoisotopic (exact) mass is 389 g/mol.